The molecule has 0 fully saturated rings. The van der Waals surface area contributed by atoms with Crippen molar-refractivity contribution in [3.63, 3.8) is 0 Å². The molecule has 1 N–H and O–H groups in total. The van der Waals surface area contributed by atoms with Crippen LogP contribution in [0.3, 0.4) is 0 Å². The molecule has 27 heavy (non-hydrogen) atoms. The lowest BCUT2D eigenvalue weighted by Crippen LogP contribution is -2.13. The molecule has 0 aromatic carbocycles. The quantitative estimate of drug-likeness (QED) is 0.782. The van der Waals surface area contributed by atoms with Crippen molar-refractivity contribution in [2.45, 2.75) is 46.1 Å². The van der Waals surface area contributed by atoms with Crippen molar-refractivity contribution >= 4 is 34.2 Å². The third-order valence-corrected chi connectivity index (χ3v) is 5.59. The van der Waals surface area contributed by atoms with Gasteiger partial charge in [-0.3, -0.25) is 4.79 Å². The van der Waals surface area contributed by atoms with E-state index < -0.39 is 11.9 Å². The number of nitrogens with one attached hydrogen (secondary N) is 1. The highest BCUT2D eigenvalue weighted by Gasteiger charge is 2.27. The molecule has 2 aromatic heterocycles. The highest BCUT2D eigenvalue weighted by atomic mass is 32.1. The Balaban J connectivity index is 1.79. The third-order valence-electron chi connectivity index (χ3n) is 4.38. The molecular formula is C19H21NO6S. The molecule has 0 saturated carbocycles. The predicted molar refractivity (Wildman–Crippen MR) is 99.2 cm³/mol. The fourth-order valence-corrected chi connectivity index (χ4v) is 4.49. The van der Waals surface area contributed by atoms with Crippen LogP contribution in [0.4, 0.5) is 5.00 Å². The first-order chi connectivity index (χ1) is 12.9. The number of carbonyl (C=O) groups is 3. The number of amides is 1. The number of fused-ring (bicyclic) bond motifs is 1. The Labute approximate surface area is 160 Å². The summed E-state index contributed by atoms with van der Waals surface area (Å²) in [6.07, 6.45) is 3.77. The van der Waals surface area contributed by atoms with E-state index >= 15 is 0 Å². The number of anilines is 1. The zero-order valence-corrected chi connectivity index (χ0v) is 16.3. The van der Waals surface area contributed by atoms with E-state index in [4.69, 9.17) is 9.15 Å². The Bertz CT molecular complexity index is 894. The number of rotatable bonds is 5. The van der Waals surface area contributed by atoms with Crippen LogP contribution in [0.1, 0.15) is 62.4 Å². The Morgan fingerprint density at radius 1 is 1.22 bits per heavy atom. The molecule has 3 rings (SSSR count). The highest BCUT2D eigenvalue weighted by Crippen LogP contribution is 2.38. The van der Waals surface area contributed by atoms with Gasteiger partial charge >= 0.3 is 11.9 Å². The van der Waals surface area contributed by atoms with Gasteiger partial charge < -0.3 is 19.2 Å². The molecule has 8 heteroatoms. The van der Waals surface area contributed by atoms with Crippen molar-refractivity contribution in [2.75, 3.05) is 12.4 Å². The number of furan rings is 1. The molecule has 0 unspecified atom stereocenters. The normalized spacial score (nSPS) is 13.0. The average Bonchev–Trinajstić information content (AvgIpc) is 3.18. The molecule has 1 aliphatic rings. The van der Waals surface area contributed by atoms with Gasteiger partial charge in [0, 0.05) is 11.8 Å². The molecule has 0 aliphatic heterocycles. The van der Waals surface area contributed by atoms with Gasteiger partial charge in [0.15, 0.2) is 0 Å². The van der Waals surface area contributed by atoms with E-state index in [9.17, 15) is 14.4 Å². The van der Waals surface area contributed by atoms with Gasteiger partial charge in [0.2, 0.25) is 5.91 Å². The lowest BCUT2D eigenvalue weighted by molar-refractivity contribution is -0.114. The number of aryl methyl sites for hydroxylation is 2. The average molecular weight is 391 g/mol. The first kappa shape index (κ1) is 19.2. The van der Waals surface area contributed by atoms with Gasteiger partial charge in [-0.1, -0.05) is 0 Å². The Kier molecular flexibility index (Phi) is 5.65. The molecule has 144 valence electrons. The number of ether oxygens (including phenoxy) is 2. The van der Waals surface area contributed by atoms with Crippen molar-refractivity contribution in [3.8, 4) is 0 Å². The van der Waals surface area contributed by atoms with Crippen LogP contribution in [0.15, 0.2) is 10.5 Å². The number of carbonyl (C=O) groups excluding carboxylic acids is 3. The zero-order valence-electron chi connectivity index (χ0n) is 15.5. The van der Waals surface area contributed by atoms with Gasteiger partial charge in [-0.15, -0.1) is 11.3 Å². The van der Waals surface area contributed by atoms with Gasteiger partial charge in [-0.25, -0.2) is 9.59 Å². The molecule has 0 radical (unpaired) electrons. The SMILES string of the molecule is COC(=O)c1cc(COC(=O)c2c(NC(C)=O)sc3c2CCCC3)oc1C. The molecule has 1 aliphatic carbocycles. The van der Waals surface area contributed by atoms with Crippen LogP contribution in [0, 0.1) is 6.92 Å². The second kappa shape index (κ2) is 7.96. The number of esters is 2. The Morgan fingerprint density at radius 3 is 2.67 bits per heavy atom. The predicted octanol–water partition coefficient (Wildman–Crippen LogP) is 3.63. The Hall–Kier alpha value is -2.61. The largest absolute Gasteiger partial charge is 0.465 e. The molecular weight excluding hydrogens is 370 g/mol. The minimum absolute atomic E-state index is 0.110. The summed E-state index contributed by atoms with van der Waals surface area (Å²) in [6.45, 7) is 2.94. The van der Waals surface area contributed by atoms with Gasteiger partial charge in [-0.05, 0) is 44.2 Å². The van der Waals surface area contributed by atoms with Gasteiger partial charge in [0.25, 0.3) is 0 Å². The van der Waals surface area contributed by atoms with E-state index in [1.807, 2.05) is 0 Å². The molecule has 0 spiro atoms. The summed E-state index contributed by atoms with van der Waals surface area (Å²) < 4.78 is 15.6. The van der Waals surface area contributed by atoms with Crippen LogP contribution in [0.25, 0.3) is 0 Å². The molecule has 7 nitrogen and oxygen atoms in total. The number of thiophene rings is 1. The summed E-state index contributed by atoms with van der Waals surface area (Å²) in [7, 11) is 1.29. The minimum Gasteiger partial charge on any atom is -0.465 e. The van der Waals surface area contributed by atoms with E-state index in [1.54, 1.807) is 6.92 Å². The van der Waals surface area contributed by atoms with E-state index in [0.717, 1.165) is 36.1 Å². The summed E-state index contributed by atoms with van der Waals surface area (Å²) in [6, 6.07) is 1.51. The summed E-state index contributed by atoms with van der Waals surface area (Å²) in [5.74, 6) is -0.487. The second-order valence-electron chi connectivity index (χ2n) is 6.35. The molecule has 2 heterocycles. The summed E-state index contributed by atoms with van der Waals surface area (Å²) in [5, 5.41) is 3.27. The van der Waals surface area contributed by atoms with E-state index in [0.29, 0.717) is 27.6 Å². The van der Waals surface area contributed by atoms with Crippen molar-refractivity contribution in [1.82, 2.24) is 0 Å². The van der Waals surface area contributed by atoms with Crippen molar-refractivity contribution in [3.05, 3.63) is 39.2 Å². The van der Waals surface area contributed by atoms with Crippen LogP contribution in [-0.4, -0.2) is 25.0 Å². The lowest BCUT2D eigenvalue weighted by Gasteiger charge is -2.12. The minimum atomic E-state index is -0.508. The zero-order chi connectivity index (χ0) is 19.6. The smallest absolute Gasteiger partial charge is 0.341 e. The summed E-state index contributed by atoms with van der Waals surface area (Å²) in [4.78, 5) is 37.0. The number of hydrogen-bond donors (Lipinski definition) is 1. The topological polar surface area (TPSA) is 94.8 Å². The van der Waals surface area contributed by atoms with E-state index in [-0.39, 0.29) is 12.5 Å². The van der Waals surface area contributed by atoms with Crippen LogP contribution < -0.4 is 5.32 Å². The summed E-state index contributed by atoms with van der Waals surface area (Å²) >= 11 is 1.44. The fourth-order valence-electron chi connectivity index (χ4n) is 3.17. The molecule has 0 atom stereocenters. The Morgan fingerprint density at radius 2 is 1.96 bits per heavy atom. The van der Waals surface area contributed by atoms with Crippen LogP contribution >= 0.6 is 11.3 Å². The van der Waals surface area contributed by atoms with Gasteiger partial charge in [0.1, 0.15) is 28.7 Å². The third kappa shape index (κ3) is 4.05. The molecule has 0 bridgehead atoms. The van der Waals surface area contributed by atoms with E-state index in [2.05, 4.69) is 10.1 Å². The molecule has 2 aromatic rings. The van der Waals surface area contributed by atoms with Crippen LogP contribution in [0.5, 0.6) is 0 Å². The fraction of sp³-hybridized carbons (Fsp3) is 0.421. The van der Waals surface area contributed by atoms with E-state index in [1.165, 1.54) is 31.4 Å². The van der Waals surface area contributed by atoms with Crippen molar-refractivity contribution < 1.29 is 28.3 Å². The van der Waals surface area contributed by atoms with Gasteiger partial charge in [-0.2, -0.15) is 0 Å². The first-order valence-corrected chi connectivity index (χ1v) is 9.49. The van der Waals surface area contributed by atoms with Crippen LogP contribution in [-0.2, 0) is 33.7 Å². The lowest BCUT2D eigenvalue weighted by atomic mass is 9.95. The van der Waals surface area contributed by atoms with Crippen LogP contribution in [0.2, 0.25) is 0 Å². The monoisotopic (exact) mass is 391 g/mol. The summed E-state index contributed by atoms with van der Waals surface area (Å²) in [5.41, 5.74) is 1.70. The second-order valence-corrected chi connectivity index (χ2v) is 7.45. The maximum Gasteiger partial charge on any atom is 0.341 e. The maximum atomic E-state index is 12.7. The molecule has 0 saturated heterocycles. The standard InChI is InChI=1S/C19H21NO6S/c1-10-14(18(22)24-3)8-12(26-10)9-25-19(23)16-13-6-4-5-7-15(13)27-17(16)20-11(2)21/h8H,4-7,9H2,1-3H3,(H,20,21). The highest BCUT2D eigenvalue weighted by molar-refractivity contribution is 7.17. The maximum absolute atomic E-state index is 12.7. The number of methoxy groups -OCH3 is 1. The first-order valence-electron chi connectivity index (χ1n) is 8.67. The molecule has 1 amide bonds. The van der Waals surface area contributed by atoms with Crippen molar-refractivity contribution in [2.24, 2.45) is 0 Å². The number of hydrogen-bond acceptors (Lipinski definition) is 7. The van der Waals surface area contributed by atoms with Gasteiger partial charge in [0.05, 0.1) is 12.7 Å². The van der Waals surface area contributed by atoms with Crippen molar-refractivity contribution in [1.29, 1.82) is 0 Å².